The van der Waals surface area contributed by atoms with Crippen molar-refractivity contribution in [2.24, 2.45) is 0 Å². The number of anilines is 1. The smallest absolute Gasteiger partial charge is 0.141 e. The molecule has 0 aliphatic rings. The van der Waals surface area contributed by atoms with Crippen LogP contribution >= 0.6 is 15.9 Å². The average molecular weight is 306 g/mol. The van der Waals surface area contributed by atoms with Crippen LogP contribution in [0.4, 0.5) is 10.1 Å². The van der Waals surface area contributed by atoms with Gasteiger partial charge in [0.1, 0.15) is 16.5 Å². The van der Waals surface area contributed by atoms with E-state index in [1.165, 1.54) is 12.1 Å². The minimum absolute atomic E-state index is 0.0298. The van der Waals surface area contributed by atoms with Crippen molar-refractivity contribution in [2.75, 3.05) is 5.32 Å². The first-order valence-corrected chi connectivity index (χ1v) is 6.03. The largest absolute Gasteiger partial charge is 0.379 e. The van der Waals surface area contributed by atoms with E-state index in [4.69, 9.17) is 5.26 Å². The normalized spacial score (nSPS) is 9.83. The lowest BCUT2D eigenvalue weighted by atomic mass is 10.2. The molecule has 5 heteroatoms. The van der Waals surface area contributed by atoms with E-state index in [1.54, 1.807) is 12.1 Å². The molecule has 0 spiro atoms. The number of hydrogen-bond donors (Lipinski definition) is 1. The number of nitrogens with zero attached hydrogens (tertiary/aromatic N) is 2. The number of benzene rings is 1. The van der Waals surface area contributed by atoms with Gasteiger partial charge in [-0.2, -0.15) is 5.26 Å². The van der Waals surface area contributed by atoms with Gasteiger partial charge in [-0.1, -0.05) is 6.07 Å². The van der Waals surface area contributed by atoms with Gasteiger partial charge in [0.15, 0.2) is 0 Å². The first kappa shape index (κ1) is 12.5. The van der Waals surface area contributed by atoms with Crippen LogP contribution in [0.1, 0.15) is 11.3 Å². The van der Waals surface area contributed by atoms with Crippen LogP contribution < -0.4 is 5.32 Å². The zero-order valence-corrected chi connectivity index (χ0v) is 10.9. The van der Waals surface area contributed by atoms with E-state index < -0.39 is 5.82 Å². The lowest BCUT2D eigenvalue weighted by molar-refractivity contribution is 0.624. The molecule has 0 amide bonds. The Bertz CT molecular complexity index is 607. The summed E-state index contributed by atoms with van der Waals surface area (Å²) < 4.78 is 13.9. The van der Waals surface area contributed by atoms with Crippen molar-refractivity contribution in [1.29, 1.82) is 5.26 Å². The molecule has 0 bridgehead atoms. The maximum atomic E-state index is 13.1. The molecule has 0 radical (unpaired) electrons. The van der Waals surface area contributed by atoms with E-state index in [1.807, 2.05) is 18.2 Å². The van der Waals surface area contributed by atoms with Crippen molar-refractivity contribution in [3.63, 3.8) is 0 Å². The molecule has 0 fully saturated rings. The second-order valence-electron chi connectivity index (χ2n) is 3.61. The van der Waals surface area contributed by atoms with Gasteiger partial charge >= 0.3 is 0 Å². The Labute approximate surface area is 112 Å². The first-order valence-electron chi connectivity index (χ1n) is 5.24. The van der Waals surface area contributed by atoms with Crippen LogP contribution in [0.25, 0.3) is 0 Å². The van der Waals surface area contributed by atoms with Crippen LogP contribution in [-0.2, 0) is 6.54 Å². The van der Waals surface area contributed by atoms with E-state index in [2.05, 4.69) is 26.2 Å². The number of halogens is 2. The van der Waals surface area contributed by atoms with E-state index in [0.717, 1.165) is 10.3 Å². The highest BCUT2D eigenvalue weighted by Crippen LogP contribution is 2.15. The van der Waals surface area contributed by atoms with Crippen molar-refractivity contribution in [2.45, 2.75) is 6.54 Å². The molecule has 0 unspecified atom stereocenters. The van der Waals surface area contributed by atoms with E-state index in [0.29, 0.717) is 12.2 Å². The predicted octanol–water partition coefficient (Wildman–Crippen LogP) is 3.47. The zero-order chi connectivity index (χ0) is 13.0. The Balaban J connectivity index is 2.09. The highest BCUT2D eigenvalue weighted by molar-refractivity contribution is 9.10. The Kier molecular flexibility index (Phi) is 3.90. The van der Waals surface area contributed by atoms with Crippen LogP contribution in [0.5, 0.6) is 0 Å². The number of aromatic nitrogens is 1. The highest BCUT2D eigenvalue weighted by atomic mass is 79.9. The van der Waals surface area contributed by atoms with Crippen LogP contribution in [-0.4, -0.2) is 4.98 Å². The van der Waals surface area contributed by atoms with Gasteiger partial charge in [-0.3, -0.25) is 0 Å². The molecule has 0 saturated heterocycles. The minimum Gasteiger partial charge on any atom is -0.379 e. The predicted molar refractivity (Wildman–Crippen MR) is 70.4 cm³/mol. The summed E-state index contributed by atoms with van der Waals surface area (Å²) in [7, 11) is 0. The topological polar surface area (TPSA) is 48.7 Å². The quantitative estimate of drug-likeness (QED) is 0.883. The number of rotatable bonds is 3. The monoisotopic (exact) mass is 305 g/mol. The summed E-state index contributed by atoms with van der Waals surface area (Å²) >= 11 is 3.29. The van der Waals surface area contributed by atoms with Gasteiger partial charge in [0, 0.05) is 5.69 Å². The summed E-state index contributed by atoms with van der Waals surface area (Å²) in [6, 6.07) is 11.8. The fraction of sp³-hybridized carbons (Fsp3) is 0.0769. The van der Waals surface area contributed by atoms with Gasteiger partial charge in [-0.05, 0) is 46.3 Å². The molecule has 1 N–H and O–H groups in total. The maximum Gasteiger partial charge on any atom is 0.141 e. The van der Waals surface area contributed by atoms with Crippen LogP contribution in [0.2, 0.25) is 0 Å². The Morgan fingerprint density at radius 3 is 2.89 bits per heavy atom. The number of pyridine rings is 1. The number of nitriles is 1. The fourth-order valence-electron chi connectivity index (χ4n) is 1.46. The average Bonchev–Trinajstić information content (AvgIpc) is 2.38. The summed E-state index contributed by atoms with van der Waals surface area (Å²) in [5, 5.41) is 11.8. The van der Waals surface area contributed by atoms with Crippen LogP contribution in [0.15, 0.2) is 41.0 Å². The highest BCUT2D eigenvalue weighted by Gasteiger charge is 2.02. The molecule has 1 aromatic heterocycles. The first-order chi connectivity index (χ1) is 8.69. The SMILES string of the molecule is N#Cc1cc(NCc2cccc(Br)n2)ccc1F. The fourth-order valence-corrected chi connectivity index (χ4v) is 1.84. The van der Waals surface area contributed by atoms with Gasteiger partial charge in [-0.25, -0.2) is 9.37 Å². The van der Waals surface area contributed by atoms with Gasteiger partial charge < -0.3 is 5.32 Å². The van der Waals surface area contributed by atoms with Crippen LogP contribution in [0, 0.1) is 17.1 Å². The third kappa shape index (κ3) is 3.05. The number of nitrogens with one attached hydrogen (secondary N) is 1. The summed E-state index contributed by atoms with van der Waals surface area (Å²) in [6.45, 7) is 0.510. The molecule has 0 atom stereocenters. The minimum atomic E-state index is -0.511. The van der Waals surface area contributed by atoms with E-state index in [9.17, 15) is 4.39 Å². The zero-order valence-electron chi connectivity index (χ0n) is 9.32. The lowest BCUT2D eigenvalue weighted by Crippen LogP contribution is -2.02. The van der Waals surface area contributed by atoms with Crippen molar-refractivity contribution in [1.82, 2.24) is 4.98 Å². The Hall–Kier alpha value is -1.93. The molecule has 90 valence electrons. The third-order valence-corrected chi connectivity index (χ3v) is 2.77. The molecule has 0 saturated carbocycles. The Morgan fingerprint density at radius 1 is 1.33 bits per heavy atom. The van der Waals surface area contributed by atoms with Gasteiger partial charge in [0.25, 0.3) is 0 Å². The van der Waals surface area contributed by atoms with Gasteiger partial charge in [-0.15, -0.1) is 0 Å². The van der Waals surface area contributed by atoms with Gasteiger partial charge in [0.05, 0.1) is 17.8 Å². The molecular weight excluding hydrogens is 297 g/mol. The van der Waals surface area contributed by atoms with Crippen LogP contribution in [0.3, 0.4) is 0 Å². The summed E-state index contributed by atoms with van der Waals surface area (Å²) in [6.07, 6.45) is 0. The molecule has 2 aromatic rings. The Morgan fingerprint density at radius 2 is 2.17 bits per heavy atom. The standard InChI is InChI=1S/C13H9BrFN3/c14-13-3-1-2-11(18-13)8-17-10-4-5-12(15)9(6-10)7-16/h1-6,17H,8H2. The summed E-state index contributed by atoms with van der Waals surface area (Å²) in [5.74, 6) is -0.511. The maximum absolute atomic E-state index is 13.1. The summed E-state index contributed by atoms with van der Waals surface area (Å²) in [4.78, 5) is 4.26. The molecule has 3 nitrogen and oxygen atoms in total. The second kappa shape index (κ2) is 5.61. The molecule has 1 aromatic carbocycles. The molecule has 0 aliphatic heterocycles. The molecule has 1 heterocycles. The van der Waals surface area contributed by atoms with Crippen molar-refractivity contribution < 1.29 is 4.39 Å². The van der Waals surface area contributed by atoms with Crippen molar-refractivity contribution >= 4 is 21.6 Å². The third-order valence-electron chi connectivity index (χ3n) is 2.33. The van der Waals surface area contributed by atoms with Crippen molar-refractivity contribution in [3.8, 4) is 6.07 Å². The molecule has 0 aliphatic carbocycles. The molecular formula is C13H9BrFN3. The lowest BCUT2D eigenvalue weighted by Gasteiger charge is -2.06. The van der Waals surface area contributed by atoms with E-state index in [-0.39, 0.29) is 5.56 Å². The second-order valence-corrected chi connectivity index (χ2v) is 4.42. The van der Waals surface area contributed by atoms with Crippen molar-refractivity contribution in [3.05, 3.63) is 58.1 Å². The van der Waals surface area contributed by atoms with Gasteiger partial charge in [0.2, 0.25) is 0 Å². The molecule has 18 heavy (non-hydrogen) atoms. The van der Waals surface area contributed by atoms with E-state index >= 15 is 0 Å². The summed E-state index contributed by atoms with van der Waals surface area (Å²) in [5.41, 5.74) is 1.57. The number of hydrogen-bond acceptors (Lipinski definition) is 3. The molecule has 2 rings (SSSR count).